The van der Waals surface area contributed by atoms with Crippen molar-refractivity contribution in [3.63, 3.8) is 0 Å². The summed E-state index contributed by atoms with van der Waals surface area (Å²) in [6.45, 7) is 1.89. The maximum atomic E-state index is 11.5. The number of fused-ring (bicyclic) bond motifs is 1. The Balaban J connectivity index is 0.00000144. The van der Waals surface area contributed by atoms with Crippen molar-refractivity contribution in [2.45, 2.75) is 6.92 Å². The van der Waals surface area contributed by atoms with Gasteiger partial charge in [-0.15, -0.1) is 0 Å². The monoisotopic (exact) mass is 343 g/mol. The van der Waals surface area contributed by atoms with E-state index in [2.05, 4.69) is 4.98 Å². The van der Waals surface area contributed by atoms with Crippen LogP contribution >= 0.6 is 11.3 Å². The number of hydrogen-bond acceptors (Lipinski definition) is 4. The first kappa shape index (κ1) is 14.3. The van der Waals surface area contributed by atoms with E-state index in [-0.39, 0.29) is 28.3 Å². The zero-order valence-corrected chi connectivity index (χ0v) is 11.5. The Bertz CT molecular complexity index is 482. The summed E-state index contributed by atoms with van der Waals surface area (Å²) in [6.07, 6.45) is 0. The molecule has 0 aliphatic carbocycles. The van der Waals surface area contributed by atoms with E-state index < -0.39 is 6.61 Å². The average Bonchev–Trinajstić information content (AvgIpc) is 2.72. The molecular weight excluding hydrogens is 332 g/mol. The summed E-state index contributed by atoms with van der Waals surface area (Å²) in [5.74, 6) is -0.318. The van der Waals surface area contributed by atoms with Crippen LogP contribution in [0.2, 0.25) is 0 Å². The number of nitrogens with zero attached hydrogens (tertiary/aromatic N) is 2. The third-order valence-corrected chi connectivity index (χ3v) is 3.33. The molecule has 17 heavy (non-hydrogen) atoms. The number of aromatic nitrogens is 1. The molecule has 2 aromatic rings. The van der Waals surface area contributed by atoms with Crippen molar-refractivity contribution in [3.05, 3.63) is 24.3 Å². The number of carbonyl (C=O) groups excluding carboxylic acids is 1. The van der Waals surface area contributed by atoms with Gasteiger partial charge < -0.3 is 5.11 Å². The fourth-order valence-corrected chi connectivity index (χ4v) is 2.53. The third kappa shape index (κ3) is 2.94. The van der Waals surface area contributed by atoms with Gasteiger partial charge in [-0.1, -0.05) is 23.5 Å². The van der Waals surface area contributed by atoms with Gasteiger partial charge in [0.2, 0.25) is 0 Å². The van der Waals surface area contributed by atoms with Gasteiger partial charge in [0.25, 0.3) is 5.91 Å². The van der Waals surface area contributed by atoms with Gasteiger partial charge in [-0.2, -0.15) is 0 Å². The zero-order valence-electron chi connectivity index (χ0n) is 9.18. The van der Waals surface area contributed by atoms with Crippen LogP contribution in [0.4, 0.5) is 5.13 Å². The minimum absolute atomic E-state index is 0. The Morgan fingerprint density at radius 1 is 1.47 bits per heavy atom. The standard InChI is InChI=1S/C11H12N2O2S.Ag/c1-2-13(10(15)7-14)11-12-8-5-3-4-6-9(8)16-11;/h3-6,14H,2,7H2,1H3;. The van der Waals surface area contributed by atoms with Gasteiger partial charge >= 0.3 is 0 Å². The van der Waals surface area contributed by atoms with Crippen molar-refractivity contribution in [2.75, 3.05) is 18.1 Å². The molecule has 1 aromatic heterocycles. The van der Waals surface area contributed by atoms with Crippen LogP contribution < -0.4 is 4.90 Å². The van der Waals surface area contributed by atoms with E-state index in [0.717, 1.165) is 10.2 Å². The molecule has 95 valence electrons. The van der Waals surface area contributed by atoms with Crippen molar-refractivity contribution in [1.29, 1.82) is 0 Å². The second-order valence-electron chi connectivity index (χ2n) is 3.26. The summed E-state index contributed by atoms with van der Waals surface area (Å²) >= 11 is 1.46. The molecule has 0 atom stereocenters. The molecule has 0 aliphatic heterocycles. The fourth-order valence-electron chi connectivity index (χ4n) is 1.48. The zero-order chi connectivity index (χ0) is 11.5. The fraction of sp³-hybridized carbons (Fsp3) is 0.273. The number of thiazole rings is 1. The molecule has 0 unspecified atom stereocenters. The Morgan fingerprint density at radius 2 is 2.18 bits per heavy atom. The molecule has 0 fully saturated rings. The number of hydrogen-bond donors (Lipinski definition) is 1. The molecule has 1 aromatic carbocycles. The number of anilines is 1. The molecule has 2 rings (SSSR count). The Morgan fingerprint density at radius 3 is 2.76 bits per heavy atom. The first-order valence-electron chi connectivity index (χ1n) is 5.03. The number of aliphatic hydroxyl groups is 1. The van der Waals surface area contributed by atoms with E-state index in [1.54, 1.807) is 0 Å². The van der Waals surface area contributed by atoms with Crippen molar-refractivity contribution in [2.24, 2.45) is 0 Å². The Kier molecular flexibility index (Phi) is 5.30. The van der Waals surface area contributed by atoms with Crippen molar-refractivity contribution < 1.29 is 32.3 Å². The molecule has 0 saturated heterocycles. The molecule has 4 nitrogen and oxygen atoms in total. The van der Waals surface area contributed by atoms with Crippen molar-refractivity contribution in [3.8, 4) is 0 Å². The number of carbonyl (C=O) groups is 1. The van der Waals surface area contributed by atoms with Crippen LogP contribution in [-0.4, -0.2) is 29.1 Å². The largest absolute Gasteiger partial charge is 0.387 e. The summed E-state index contributed by atoms with van der Waals surface area (Å²) in [6, 6.07) is 7.73. The summed E-state index contributed by atoms with van der Waals surface area (Å²) in [5.41, 5.74) is 0.881. The topological polar surface area (TPSA) is 53.4 Å². The van der Waals surface area contributed by atoms with Crippen LogP contribution in [0, 0.1) is 0 Å². The van der Waals surface area contributed by atoms with E-state index >= 15 is 0 Å². The van der Waals surface area contributed by atoms with Gasteiger partial charge in [0, 0.05) is 28.9 Å². The van der Waals surface area contributed by atoms with E-state index in [9.17, 15) is 4.79 Å². The first-order chi connectivity index (χ1) is 7.76. The first-order valence-corrected chi connectivity index (χ1v) is 5.84. The smallest absolute Gasteiger partial charge is 0.254 e. The predicted octanol–water partition coefficient (Wildman–Crippen LogP) is 1.64. The minimum atomic E-state index is -0.482. The number of para-hydroxylation sites is 1. The van der Waals surface area contributed by atoms with Crippen LogP contribution in [0.25, 0.3) is 10.2 Å². The molecule has 0 aliphatic rings. The third-order valence-electron chi connectivity index (χ3n) is 2.27. The van der Waals surface area contributed by atoms with Gasteiger partial charge in [-0.25, -0.2) is 4.98 Å². The minimum Gasteiger partial charge on any atom is -0.387 e. The second kappa shape index (κ2) is 6.28. The summed E-state index contributed by atoms with van der Waals surface area (Å²) in [7, 11) is 0. The summed E-state index contributed by atoms with van der Waals surface area (Å²) in [4.78, 5) is 17.3. The maximum Gasteiger partial charge on any atom is 0.254 e. The van der Waals surface area contributed by atoms with Gasteiger partial charge in [-0.3, -0.25) is 9.69 Å². The van der Waals surface area contributed by atoms with E-state index in [4.69, 9.17) is 5.11 Å². The molecule has 1 amide bonds. The number of likely N-dealkylation sites (N-methyl/N-ethyl adjacent to an activating group) is 1. The Hall–Kier alpha value is -0.720. The summed E-state index contributed by atoms with van der Waals surface area (Å²) in [5, 5.41) is 9.50. The van der Waals surface area contributed by atoms with Gasteiger partial charge in [0.15, 0.2) is 5.13 Å². The van der Waals surface area contributed by atoms with E-state index in [1.807, 2.05) is 31.2 Å². The van der Waals surface area contributed by atoms with Crippen LogP contribution in [0.15, 0.2) is 24.3 Å². The predicted molar refractivity (Wildman–Crippen MR) is 64.7 cm³/mol. The molecule has 0 saturated carbocycles. The van der Waals surface area contributed by atoms with Crippen LogP contribution in [-0.2, 0) is 27.2 Å². The summed E-state index contributed by atoms with van der Waals surface area (Å²) < 4.78 is 1.04. The number of amides is 1. The maximum absolute atomic E-state index is 11.5. The molecule has 1 radical (unpaired) electrons. The molecule has 0 spiro atoms. The number of rotatable bonds is 3. The molecule has 1 heterocycles. The van der Waals surface area contributed by atoms with Gasteiger partial charge in [-0.05, 0) is 19.1 Å². The molecule has 1 N–H and O–H groups in total. The Labute approximate surface area is 119 Å². The molecular formula is C11H12AgN2O2S. The van der Waals surface area contributed by atoms with Gasteiger partial charge in [0.05, 0.1) is 10.2 Å². The van der Waals surface area contributed by atoms with Crippen molar-refractivity contribution >= 4 is 32.6 Å². The number of aliphatic hydroxyl groups excluding tert-OH is 1. The quantitative estimate of drug-likeness (QED) is 0.862. The van der Waals surface area contributed by atoms with Crippen LogP contribution in [0.3, 0.4) is 0 Å². The molecule has 6 heteroatoms. The van der Waals surface area contributed by atoms with E-state index in [1.165, 1.54) is 16.2 Å². The normalized spacial score (nSPS) is 10.0. The SMILES string of the molecule is CCN(C(=O)CO)c1nc2ccccc2s1.[Ag]. The molecule has 0 bridgehead atoms. The van der Waals surface area contributed by atoms with Crippen molar-refractivity contribution in [1.82, 2.24) is 4.98 Å². The van der Waals surface area contributed by atoms with Gasteiger partial charge in [0.1, 0.15) is 6.61 Å². The average molecular weight is 344 g/mol. The van der Waals surface area contributed by atoms with Crippen LogP contribution in [0.5, 0.6) is 0 Å². The van der Waals surface area contributed by atoms with Crippen LogP contribution in [0.1, 0.15) is 6.92 Å². The number of benzene rings is 1. The second-order valence-corrected chi connectivity index (χ2v) is 4.27. The van der Waals surface area contributed by atoms with E-state index in [0.29, 0.717) is 11.7 Å².